The standard InChI is InChI=1S/C33H41Cl2N3O4S/c1-23(2)21-36-33(40)31(20-26-10-7-6-8-11-26)37(22-27-14-16-29(34)30(35)19-27)32(39)12-9-17-38(43(5,41)42)28-15-13-24(3)25(4)18-28/h6-8,10-11,13-16,18-19,23,31H,9,12,17,20-22H2,1-5H3,(H,36,40)/t31-/m1/s1. The summed E-state index contributed by atoms with van der Waals surface area (Å²) in [6.07, 6.45) is 1.79. The number of nitrogens with one attached hydrogen (secondary N) is 1. The van der Waals surface area contributed by atoms with E-state index in [0.717, 1.165) is 28.5 Å². The first-order valence-corrected chi connectivity index (χ1v) is 17.0. The van der Waals surface area contributed by atoms with E-state index in [1.165, 1.54) is 4.31 Å². The lowest BCUT2D eigenvalue weighted by Gasteiger charge is -2.32. The molecular weight excluding hydrogens is 605 g/mol. The molecule has 0 heterocycles. The number of hydrogen-bond acceptors (Lipinski definition) is 4. The van der Waals surface area contributed by atoms with E-state index in [2.05, 4.69) is 5.32 Å². The van der Waals surface area contributed by atoms with Crippen molar-refractivity contribution in [2.45, 2.75) is 59.5 Å². The maximum atomic E-state index is 14.0. The number of carbonyl (C=O) groups is 2. The Morgan fingerprint density at radius 1 is 0.884 bits per heavy atom. The normalized spacial score (nSPS) is 12.2. The minimum atomic E-state index is -3.59. The Balaban J connectivity index is 1.91. The second kappa shape index (κ2) is 15.6. The fourth-order valence-electron chi connectivity index (χ4n) is 4.70. The van der Waals surface area contributed by atoms with E-state index in [0.29, 0.717) is 28.7 Å². The first-order valence-electron chi connectivity index (χ1n) is 14.4. The van der Waals surface area contributed by atoms with Crippen LogP contribution in [-0.4, -0.2) is 50.5 Å². The Bertz CT molecular complexity index is 1510. The van der Waals surface area contributed by atoms with Gasteiger partial charge in [0.05, 0.1) is 22.0 Å². The highest BCUT2D eigenvalue weighted by Crippen LogP contribution is 2.26. The molecule has 0 unspecified atom stereocenters. The van der Waals surface area contributed by atoms with Gasteiger partial charge >= 0.3 is 0 Å². The molecule has 0 aromatic heterocycles. The topological polar surface area (TPSA) is 86.8 Å². The lowest BCUT2D eigenvalue weighted by molar-refractivity contribution is -0.141. The number of halogens is 2. The Kier molecular flexibility index (Phi) is 12.5. The van der Waals surface area contributed by atoms with Gasteiger partial charge in [-0.15, -0.1) is 0 Å². The number of sulfonamides is 1. The lowest BCUT2D eigenvalue weighted by atomic mass is 10.0. The van der Waals surface area contributed by atoms with Crippen LogP contribution in [0.4, 0.5) is 5.69 Å². The van der Waals surface area contributed by atoms with Crippen LogP contribution >= 0.6 is 23.2 Å². The number of aryl methyl sites for hydroxylation is 2. The zero-order chi connectivity index (χ0) is 31.7. The fourth-order valence-corrected chi connectivity index (χ4v) is 5.97. The van der Waals surface area contributed by atoms with E-state index in [1.807, 2.05) is 70.2 Å². The third kappa shape index (κ3) is 10.3. The molecule has 0 aliphatic carbocycles. The van der Waals surface area contributed by atoms with Crippen LogP contribution in [0.3, 0.4) is 0 Å². The van der Waals surface area contributed by atoms with Gasteiger partial charge in [0.15, 0.2) is 0 Å². The lowest BCUT2D eigenvalue weighted by Crippen LogP contribution is -2.51. The van der Waals surface area contributed by atoms with Gasteiger partial charge in [-0.05, 0) is 72.7 Å². The molecular formula is C33H41Cl2N3O4S. The molecule has 0 bridgehead atoms. The summed E-state index contributed by atoms with van der Waals surface area (Å²) >= 11 is 12.4. The van der Waals surface area contributed by atoms with Crippen molar-refractivity contribution < 1.29 is 18.0 Å². The van der Waals surface area contributed by atoms with Gasteiger partial charge in [0.25, 0.3) is 0 Å². The van der Waals surface area contributed by atoms with Gasteiger partial charge in [-0.3, -0.25) is 13.9 Å². The molecule has 2 amide bonds. The van der Waals surface area contributed by atoms with Crippen LogP contribution in [0.2, 0.25) is 10.0 Å². The molecule has 0 fully saturated rings. The van der Waals surface area contributed by atoms with Crippen LogP contribution in [0.15, 0.2) is 66.7 Å². The monoisotopic (exact) mass is 645 g/mol. The van der Waals surface area contributed by atoms with E-state index >= 15 is 0 Å². The zero-order valence-corrected chi connectivity index (χ0v) is 27.8. The van der Waals surface area contributed by atoms with Crippen molar-refractivity contribution in [1.29, 1.82) is 0 Å². The van der Waals surface area contributed by atoms with Gasteiger partial charge in [-0.25, -0.2) is 8.42 Å². The summed E-state index contributed by atoms with van der Waals surface area (Å²) in [5.41, 5.74) is 4.24. The molecule has 3 aromatic carbocycles. The van der Waals surface area contributed by atoms with Crippen molar-refractivity contribution in [3.8, 4) is 0 Å². The Labute approximate surface area is 266 Å². The summed E-state index contributed by atoms with van der Waals surface area (Å²) in [5, 5.41) is 3.75. The first-order chi connectivity index (χ1) is 20.3. The van der Waals surface area contributed by atoms with Crippen LogP contribution in [0.5, 0.6) is 0 Å². The molecule has 10 heteroatoms. The zero-order valence-electron chi connectivity index (χ0n) is 25.4. The summed E-state index contributed by atoms with van der Waals surface area (Å²) in [4.78, 5) is 29.2. The Morgan fingerprint density at radius 2 is 1.58 bits per heavy atom. The molecule has 43 heavy (non-hydrogen) atoms. The van der Waals surface area contributed by atoms with Crippen LogP contribution in [-0.2, 0) is 32.6 Å². The quantitative estimate of drug-likeness (QED) is 0.215. The number of nitrogens with zero attached hydrogens (tertiary/aromatic N) is 2. The summed E-state index contributed by atoms with van der Waals surface area (Å²) < 4.78 is 26.8. The molecule has 0 saturated carbocycles. The van der Waals surface area contributed by atoms with Crippen molar-refractivity contribution >= 4 is 50.7 Å². The molecule has 0 spiro atoms. The summed E-state index contributed by atoms with van der Waals surface area (Å²) in [6, 6.07) is 19.4. The molecule has 0 aliphatic rings. The van der Waals surface area contributed by atoms with Crippen molar-refractivity contribution in [1.82, 2.24) is 10.2 Å². The highest BCUT2D eigenvalue weighted by atomic mass is 35.5. The molecule has 3 aromatic rings. The highest BCUT2D eigenvalue weighted by molar-refractivity contribution is 7.92. The third-order valence-corrected chi connectivity index (χ3v) is 9.16. The van der Waals surface area contributed by atoms with Crippen LogP contribution in [0.25, 0.3) is 0 Å². The fraction of sp³-hybridized carbons (Fsp3) is 0.394. The Hall–Kier alpha value is -3.07. The van der Waals surface area contributed by atoms with Crippen LogP contribution < -0.4 is 9.62 Å². The van der Waals surface area contributed by atoms with Crippen molar-refractivity contribution in [2.24, 2.45) is 5.92 Å². The van der Waals surface area contributed by atoms with Gasteiger partial charge in [-0.2, -0.15) is 0 Å². The second-order valence-electron chi connectivity index (χ2n) is 11.3. The van der Waals surface area contributed by atoms with E-state index in [1.54, 1.807) is 29.2 Å². The number of benzene rings is 3. The number of carbonyl (C=O) groups excluding carboxylic acids is 2. The second-order valence-corrected chi connectivity index (χ2v) is 14.0. The summed E-state index contributed by atoms with van der Waals surface area (Å²) in [6.45, 7) is 8.64. The molecule has 7 nitrogen and oxygen atoms in total. The van der Waals surface area contributed by atoms with Gasteiger partial charge < -0.3 is 10.2 Å². The minimum absolute atomic E-state index is 0.0426. The highest BCUT2D eigenvalue weighted by Gasteiger charge is 2.31. The average Bonchev–Trinajstić information content (AvgIpc) is 2.95. The molecule has 0 saturated heterocycles. The predicted octanol–water partition coefficient (Wildman–Crippen LogP) is 6.57. The largest absolute Gasteiger partial charge is 0.354 e. The van der Waals surface area contributed by atoms with Gasteiger partial charge in [0, 0.05) is 32.5 Å². The SMILES string of the molecule is Cc1ccc(N(CCCC(=O)N(Cc2ccc(Cl)c(Cl)c2)[C@H](Cc2ccccc2)C(=O)NCC(C)C)S(C)(=O)=O)cc1C. The number of hydrogen-bond donors (Lipinski definition) is 1. The molecule has 0 radical (unpaired) electrons. The van der Waals surface area contributed by atoms with E-state index in [9.17, 15) is 18.0 Å². The van der Waals surface area contributed by atoms with Gasteiger partial charge in [0.1, 0.15) is 6.04 Å². The predicted molar refractivity (Wildman–Crippen MR) is 176 cm³/mol. The van der Waals surface area contributed by atoms with Crippen molar-refractivity contribution in [3.63, 3.8) is 0 Å². The minimum Gasteiger partial charge on any atom is -0.354 e. The van der Waals surface area contributed by atoms with E-state index < -0.39 is 16.1 Å². The number of rotatable bonds is 14. The maximum Gasteiger partial charge on any atom is 0.243 e. The molecule has 3 rings (SSSR count). The number of anilines is 1. The van der Waals surface area contributed by atoms with Gasteiger partial charge in [0.2, 0.25) is 21.8 Å². The molecule has 0 aliphatic heterocycles. The number of amides is 2. The summed E-state index contributed by atoms with van der Waals surface area (Å²) in [7, 11) is -3.59. The molecule has 232 valence electrons. The first kappa shape index (κ1) is 34.4. The maximum absolute atomic E-state index is 14.0. The third-order valence-electron chi connectivity index (χ3n) is 7.22. The van der Waals surface area contributed by atoms with E-state index in [4.69, 9.17) is 23.2 Å². The average molecular weight is 647 g/mol. The van der Waals surface area contributed by atoms with Gasteiger partial charge in [-0.1, -0.05) is 79.5 Å². The summed E-state index contributed by atoms with van der Waals surface area (Å²) in [5.74, 6) is -0.285. The Morgan fingerprint density at radius 3 is 2.19 bits per heavy atom. The smallest absolute Gasteiger partial charge is 0.243 e. The van der Waals surface area contributed by atoms with Crippen molar-refractivity contribution in [3.05, 3.63) is 99.0 Å². The molecule has 1 atom stereocenters. The van der Waals surface area contributed by atoms with E-state index in [-0.39, 0.29) is 43.7 Å². The molecule has 1 N–H and O–H groups in total. The van der Waals surface area contributed by atoms with Crippen LogP contribution in [0, 0.1) is 19.8 Å². The van der Waals surface area contributed by atoms with Crippen LogP contribution in [0.1, 0.15) is 48.9 Å². The van der Waals surface area contributed by atoms with Crippen molar-refractivity contribution in [2.75, 3.05) is 23.7 Å².